The lowest BCUT2D eigenvalue weighted by molar-refractivity contribution is 0.292. The van der Waals surface area contributed by atoms with E-state index in [-0.39, 0.29) is 0 Å². The third-order valence-electron chi connectivity index (χ3n) is 0.681. The van der Waals surface area contributed by atoms with Crippen molar-refractivity contribution in [3.05, 3.63) is 0 Å². The highest BCUT2D eigenvalue weighted by Gasteiger charge is 2.20. The van der Waals surface area contributed by atoms with E-state index in [1.165, 1.54) is 6.26 Å². The summed E-state index contributed by atoms with van der Waals surface area (Å²) in [5, 5.41) is 8.64. The molecule has 0 saturated carbocycles. The Morgan fingerprint density at radius 3 is 2.22 bits per heavy atom. The first-order chi connectivity index (χ1) is 4.04. The first-order valence-corrected chi connectivity index (χ1v) is 4.81. The van der Waals surface area contributed by atoms with Crippen LogP contribution in [0.5, 0.6) is 0 Å². The minimum Gasteiger partial charge on any atom is -0.367 e. The third kappa shape index (κ3) is 2.53. The number of aliphatic hydroxyl groups is 1. The average Bonchev–Trinajstić information content (AvgIpc) is 1.86. The number of aliphatic hydroxyl groups excluding tert-OH is 1. The summed E-state index contributed by atoms with van der Waals surface area (Å²) in [7, 11) is -2.72. The van der Waals surface area contributed by atoms with Crippen LogP contribution in [0.25, 0.3) is 0 Å². The molecule has 0 amide bonds. The molecule has 0 saturated heterocycles. The van der Waals surface area contributed by atoms with Crippen molar-refractivity contribution in [1.29, 1.82) is 0 Å². The minimum absolute atomic E-state index is 0.799. The second kappa shape index (κ2) is 3.40. The smallest absolute Gasteiger partial charge is 0.304 e. The fourth-order valence-corrected chi connectivity index (χ4v) is 1.54. The molecule has 6 heteroatoms. The average molecular weight is 172 g/mol. The lowest BCUT2D eigenvalue weighted by Crippen LogP contribution is -2.17. The highest BCUT2D eigenvalue weighted by Crippen LogP contribution is 2.10. The molecule has 0 radical (unpaired) electrons. The molecule has 0 aliphatic rings. The van der Waals surface area contributed by atoms with Gasteiger partial charge in [-0.2, -0.15) is 8.42 Å². The Kier molecular flexibility index (Phi) is 3.49. The Morgan fingerprint density at radius 2 is 2.11 bits per heavy atom. The standard InChI is InChI=1S/C3H8O4S2/c1-7-9(5,6)3(4)8-2/h3-4H,1-2H3. The lowest BCUT2D eigenvalue weighted by Gasteiger charge is -2.04. The normalized spacial score (nSPS) is 15.4. The second-order valence-electron chi connectivity index (χ2n) is 1.20. The molecule has 4 nitrogen and oxygen atoms in total. The van der Waals surface area contributed by atoms with E-state index in [2.05, 4.69) is 4.18 Å². The summed E-state index contributed by atoms with van der Waals surface area (Å²) in [6.45, 7) is 0. The molecule has 1 N–H and O–H groups in total. The van der Waals surface area contributed by atoms with Gasteiger partial charge in [0, 0.05) is 0 Å². The molecule has 0 spiro atoms. The van der Waals surface area contributed by atoms with Gasteiger partial charge in [0.1, 0.15) is 0 Å². The fraction of sp³-hybridized carbons (Fsp3) is 1.00. The molecule has 1 atom stereocenters. The van der Waals surface area contributed by atoms with E-state index >= 15 is 0 Å². The van der Waals surface area contributed by atoms with Gasteiger partial charge < -0.3 is 5.11 Å². The minimum atomic E-state index is -3.73. The molecule has 0 heterocycles. The van der Waals surface area contributed by atoms with E-state index in [4.69, 9.17) is 5.11 Å². The molecule has 0 fully saturated rings. The van der Waals surface area contributed by atoms with Crippen molar-refractivity contribution < 1.29 is 17.7 Å². The number of rotatable bonds is 3. The molecule has 1 unspecified atom stereocenters. The molecule has 0 rings (SSSR count). The largest absolute Gasteiger partial charge is 0.367 e. The number of hydrogen-bond acceptors (Lipinski definition) is 5. The number of hydrogen-bond donors (Lipinski definition) is 1. The van der Waals surface area contributed by atoms with Gasteiger partial charge in [0.25, 0.3) is 0 Å². The molecule has 0 aromatic carbocycles. The van der Waals surface area contributed by atoms with Crippen LogP contribution in [0.2, 0.25) is 0 Å². The van der Waals surface area contributed by atoms with Crippen LogP contribution in [0.3, 0.4) is 0 Å². The van der Waals surface area contributed by atoms with Crippen LogP contribution < -0.4 is 0 Å². The molecule has 0 aliphatic carbocycles. The summed E-state index contributed by atoms with van der Waals surface area (Å²) in [4.78, 5) is 0. The topological polar surface area (TPSA) is 63.6 Å². The van der Waals surface area contributed by atoms with Gasteiger partial charge in [-0.1, -0.05) is 0 Å². The summed E-state index contributed by atoms with van der Waals surface area (Å²) < 4.78 is 23.4. The first kappa shape index (κ1) is 9.22. The van der Waals surface area contributed by atoms with E-state index in [0.717, 1.165) is 18.9 Å². The van der Waals surface area contributed by atoms with E-state index in [0.29, 0.717) is 0 Å². The monoisotopic (exact) mass is 172 g/mol. The van der Waals surface area contributed by atoms with Crippen molar-refractivity contribution in [1.82, 2.24) is 0 Å². The summed E-state index contributed by atoms with van der Waals surface area (Å²) in [6, 6.07) is 0. The quantitative estimate of drug-likeness (QED) is 0.463. The Hall–Kier alpha value is 0.220. The van der Waals surface area contributed by atoms with Crippen LogP contribution in [0.4, 0.5) is 0 Å². The molecule has 0 aromatic heterocycles. The van der Waals surface area contributed by atoms with Crippen LogP contribution >= 0.6 is 11.8 Å². The SMILES string of the molecule is COS(=O)(=O)C(O)SC. The van der Waals surface area contributed by atoms with Gasteiger partial charge in [-0.05, 0) is 6.26 Å². The van der Waals surface area contributed by atoms with Crippen molar-refractivity contribution in [2.24, 2.45) is 0 Å². The lowest BCUT2D eigenvalue weighted by atomic mass is 11.7. The summed E-state index contributed by atoms with van der Waals surface area (Å²) in [5.74, 6) is 0. The summed E-state index contributed by atoms with van der Waals surface area (Å²) in [6.07, 6.45) is 1.47. The van der Waals surface area contributed by atoms with Gasteiger partial charge >= 0.3 is 10.1 Å². The maximum absolute atomic E-state index is 10.4. The maximum atomic E-state index is 10.4. The van der Waals surface area contributed by atoms with Gasteiger partial charge in [0.15, 0.2) is 0 Å². The van der Waals surface area contributed by atoms with Crippen LogP contribution in [0.1, 0.15) is 0 Å². The van der Waals surface area contributed by atoms with Gasteiger partial charge in [0.2, 0.25) is 4.77 Å². The molecule has 0 aliphatic heterocycles. The van der Waals surface area contributed by atoms with Crippen molar-refractivity contribution in [2.45, 2.75) is 4.77 Å². The Labute approximate surface area is 58.3 Å². The van der Waals surface area contributed by atoms with Crippen LogP contribution in [0, 0.1) is 0 Å². The number of thioether (sulfide) groups is 1. The highest BCUT2D eigenvalue weighted by atomic mass is 32.3. The molecule has 0 aromatic rings. The molecule has 9 heavy (non-hydrogen) atoms. The van der Waals surface area contributed by atoms with E-state index in [1.807, 2.05) is 0 Å². The van der Waals surface area contributed by atoms with E-state index < -0.39 is 14.9 Å². The van der Waals surface area contributed by atoms with Crippen molar-refractivity contribution in [3.63, 3.8) is 0 Å². The van der Waals surface area contributed by atoms with Gasteiger partial charge in [-0.25, -0.2) is 0 Å². The Morgan fingerprint density at radius 1 is 1.67 bits per heavy atom. The van der Waals surface area contributed by atoms with Crippen LogP contribution in [-0.4, -0.2) is 31.7 Å². The van der Waals surface area contributed by atoms with Gasteiger partial charge in [-0.15, -0.1) is 11.8 Å². The highest BCUT2D eigenvalue weighted by molar-refractivity contribution is 8.11. The van der Waals surface area contributed by atoms with E-state index in [9.17, 15) is 8.42 Å². The zero-order chi connectivity index (χ0) is 7.49. The van der Waals surface area contributed by atoms with Crippen molar-refractivity contribution in [2.75, 3.05) is 13.4 Å². The molecule has 56 valence electrons. The Balaban J connectivity index is 4.17. The molecular weight excluding hydrogens is 164 g/mol. The maximum Gasteiger partial charge on any atom is 0.304 e. The van der Waals surface area contributed by atoms with Crippen LogP contribution in [-0.2, 0) is 14.3 Å². The first-order valence-electron chi connectivity index (χ1n) is 2.05. The fourth-order valence-electron chi connectivity index (χ4n) is 0.200. The predicted octanol–water partition coefficient (Wildman–Crippen LogP) is -0.399. The summed E-state index contributed by atoms with van der Waals surface area (Å²) in [5.41, 5.74) is 0. The van der Waals surface area contributed by atoms with E-state index in [1.54, 1.807) is 0 Å². The van der Waals surface area contributed by atoms with Crippen molar-refractivity contribution >= 4 is 21.9 Å². The van der Waals surface area contributed by atoms with Gasteiger partial charge in [-0.3, -0.25) is 4.18 Å². The third-order valence-corrected chi connectivity index (χ3v) is 3.33. The molecule has 0 bridgehead atoms. The zero-order valence-corrected chi connectivity index (χ0v) is 6.70. The Bertz CT molecular complexity index is 161. The van der Waals surface area contributed by atoms with Crippen molar-refractivity contribution in [3.8, 4) is 0 Å². The predicted molar refractivity (Wildman–Crippen MR) is 35.5 cm³/mol. The summed E-state index contributed by atoms with van der Waals surface area (Å²) >= 11 is 0.799. The second-order valence-corrected chi connectivity index (χ2v) is 4.18. The van der Waals surface area contributed by atoms with Crippen LogP contribution in [0.15, 0.2) is 0 Å². The molecular formula is C3H8O4S2. The van der Waals surface area contributed by atoms with Gasteiger partial charge in [0.05, 0.1) is 7.11 Å². The zero-order valence-electron chi connectivity index (χ0n) is 5.07.